The fourth-order valence-corrected chi connectivity index (χ4v) is 2.01. The molecule has 0 saturated heterocycles. The second-order valence-corrected chi connectivity index (χ2v) is 4.07. The Balaban J connectivity index is 2.01. The monoisotopic (exact) mass is 224 g/mol. The molecule has 0 spiro atoms. The van der Waals surface area contributed by atoms with Gasteiger partial charge in [0.15, 0.2) is 0 Å². The van der Waals surface area contributed by atoms with Crippen molar-refractivity contribution in [2.24, 2.45) is 0 Å². The van der Waals surface area contributed by atoms with Crippen LogP contribution in [0.2, 0.25) is 0 Å². The lowest BCUT2D eigenvalue weighted by molar-refractivity contribution is 0.763. The number of rotatable bonds is 2. The largest absolute Gasteiger partial charge is 0.325 e. The highest BCUT2D eigenvalue weighted by Gasteiger charge is 1.99. The highest BCUT2D eigenvalue weighted by atomic mass is 16.1. The van der Waals surface area contributed by atoms with E-state index in [4.69, 9.17) is 0 Å². The van der Waals surface area contributed by atoms with E-state index in [1.54, 1.807) is 17.0 Å². The van der Waals surface area contributed by atoms with Crippen molar-refractivity contribution in [1.82, 2.24) is 9.55 Å². The lowest BCUT2D eigenvalue weighted by atomic mass is 10.1. The number of nitrogens with one attached hydrogen (secondary N) is 1. The van der Waals surface area contributed by atoms with Crippen molar-refractivity contribution < 1.29 is 0 Å². The van der Waals surface area contributed by atoms with Crippen molar-refractivity contribution in [3.05, 3.63) is 70.9 Å². The van der Waals surface area contributed by atoms with E-state index in [2.05, 4.69) is 35.3 Å². The van der Waals surface area contributed by atoms with Crippen LogP contribution in [-0.2, 0) is 6.54 Å². The summed E-state index contributed by atoms with van der Waals surface area (Å²) in [6.45, 7) is 0.604. The van der Waals surface area contributed by atoms with E-state index in [0.29, 0.717) is 6.54 Å². The first-order chi connectivity index (χ1) is 8.33. The molecular weight excluding hydrogens is 212 g/mol. The molecule has 0 bridgehead atoms. The average molecular weight is 224 g/mol. The summed E-state index contributed by atoms with van der Waals surface area (Å²) in [7, 11) is 0. The highest BCUT2D eigenvalue weighted by molar-refractivity contribution is 5.82. The normalized spacial score (nSPS) is 10.8. The number of hydrogen-bond donors (Lipinski definition) is 1. The molecule has 3 aromatic rings. The Labute approximate surface area is 98.3 Å². The fourth-order valence-electron chi connectivity index (χ4n) is 2.01. The van der Waals surface area contributed by atoms with Crippen molar-refractivity contribution in [2.75, 3.05) is 0 Å². The van der Waals surface area contributed by atoms with Crippen molar-refractivity contribution in [3.63, 3.8) is 0 Å². The van der Waals surface area contributed by atoms with Crippen molar-refractivity contribution in [3.8, 4) is 0 Å². The van der Waals surface area contributed by atoms with E-state index in [1.807, 2.05) is 12.1 Å². The number of nitrogens with zero attached hydrogens (tertiary/aromatic N) is 1. The van der Waals surface area contributed by atoms with Gasteiger partial charge in [-0.1, -0.05) is 36.4 Å². The SMILES string of the molecule is O=c1[nH]ccn1Cc1ccc2ccccc2c1. The second-order valence-electron chi connectivity index (χ2n) is 4.07. The summed E-state index contributed by atoms with van der Waals surface area (Å²) >= 11 is 0. The number of aromatic amines is 1. The molecule has 1 heterocycles. The maximum absolute atomic E-state index is 11.4. The van der Waals surface area contributed by atoms with Gasteiger partial charge in [-0.15, -0.1) is 0 Å². The zero-order valence-electron chi connectivity index (χ0n) is 9.26. The van der Waals surface area contributed by atoms with Crippen LogP contribution in [0.25, 0.3) is 10.8 Å². The Bertz CT molecular complexity index is 709. The van der Waals surface area contributed by atoms with Gasteiger partial charge in [-0.25, -0.2) is 4.79 Å². The zero-order valence-corrected chi connectivity index (χ0v) is 9.26. The molecule has 0 amide bonds. The van der Waals surface area contributed by atoms with Gasteiger partial charge in [0.25, 0.3) is 0 Å². The van der Waals surface area contributed by atoms with Gasteiger partial charge in [0.2, 0.25) is 0 Å². The Kier molecular flexibility index (Phi) is 2.29. The minimum absolute atomic E-state index is 0.0711. The van der Waals surface area contributed by atoms with Gasteiger partial charge in [0.05, 0.1) is 6.54 Å². The number of imidazole rings is 1. The molecule has 3 rings (SSSR count). The fraction of sp³-hybridized carbons (Fsp3) is 0.0714. The van der Waals surface area contributed by atoms with E-state index in [-0.39, 0.29) is 5.69 Å². The predicted molar refractivity (Wildman–Crippen MR) is 68.1 cm³/mol. The first-order valence-corrected chi connectivity index (χ1v) is 5.54. The number of H-pyrrole nitrogens is 1. The van der Waals surface area contributed by atoms with Gasteiger partial charge in [-0.05, 0) is 22.4 Å². The van der Waals surface area contributed by atoms with E-state index in [0.717, 1.165) is 5.56 Å². The molecule has 1 aromatic heterocycles. The smallest absolute Gasteiger partial charge is 0.313 e. The van der Waals surface area contributed by atoms with Gasteiger partial charge in [0.1, 0.15) is 0 Å². The summed E-state index contributed by atoms with van der Waals surface area (Å²) < 4.78 is 1.66. The quantitative estimate of drug-likeness (QED) is 0.713. The predicted octanol–water partition coefficient (Wildman–Crippen LogP) is 2.38. The zero-order chi connectivity index (χ0) is 11.7. The van der Waals surface area contributed by atoms with E-state index in [9.17, 15) is 4.79 Å². The maximum Gasteiger partial charge on any atom is 0.325 e. The van der Waals surface area contributed by atoms with Crippen LogP contribution in [0.3, 0.4) is 0 Å². The second kappa shape index (κ2) is 3.94. The first-order valence-electron chi connectivity index (χ1n) is 5.54. The third-order valence-corrected chi connectivity index (χ3v) is 2.89. The van der Waals surface area contributed by atoms with Crippen molar-refractivity contribution in [1.29, 1.82) is 0 Å². The lowest BCUT2D eigenvalue weighted by Crippen LogP contribution is -2.16. The van der Waals surface area contributed by atoms with Crippen LogP contribution in [0, 0.1) is 0 Å². The summed E-state index contributed by atoms with van der Waals surface area (Å²) in [4.78, 5) is 14.0. The summed E-state index contributed by atoms with van der Waals surface area (Å²) in [6.07, 6.45) is 3.42. The van der Waals surface area contributed by atoms with Crippen LogP contribution >= 0.6 is 0 Å². The molecule has 0 fully saturated rings. The third kappa shape index (κ3) is 1.87. The third-order valence-electron chi connectivity index (χ3n) is 2.89. The molecule has 17 heavy (non-hydrogen) atoms. The van der Waals surface area contributed by atoms with E-state index >= 15 is 0 Å². The standard InChI is InChI=1S/C14H12N2O/c17-14-15-7-8-16(14)10-11-5-6-12-3-1-2-4-13(12)9-11/h1-9H,10H2,(H,15,17). The summed E-state index contributed by atoms with van der Waals surface area (Å²) in [5, 5.41) is 2.42. The molecule has 0 unspecified atom stereocenters. The number of hydrogen-bond acceptors (Lipinski definition) is 1. The molecule has 0 aliphatic rings. The number of fused-ring (bicyclic) bond motifs is 1. The molecule has 0 saturated carbocycles. The van der Waals surface area contributed by atoms with Crippen molar-refractivity contribution in [2.45, 2.75) is 6.54 Å². The van der Waals surface area contributed by atoms with Gasteiger partial charge in [-0.3, -0.25) is 4.57 Å². The van der Waals surface area contributed by atoms with Gasteiger partial charge in [0, 0.05) is 12.4 Å². The van der Waals surface area contributed by atoms with Gasteiger partial charge in [-0.2, -0.15) is 0 Å². The van der Waals surface area contributed by atoms with Crippen LogP contribution in [0.4, 0.5) is 0 Å². The molecule has 1 N–H and O–H groups in total. The van der Waals surface area contributed by atoms with E-state index in [1.165, 1.54) is 10.8 Å². The lowest BCUT2D eigenvalue weighted by Gasteiger charge is -2.04. The molecule has 2 aromatic carbocycles. The summed E-state index contributed by atoms with van der Waals surface area (Å²) in [6, 6.07) is 14.5. The summed E-state index contributed by atoms with van der Waals surface area (Å²) in [5.41, 5.74) is 1.06. The molecule has 84 valence electrons. The summed E-state index contributed by atoms with van der Waals surface area (Å²) in [5.74, 6) is 0. The van der Waals surface area contributed by atoms with Crippen LogP contribution in [-0.4, -0.2) is 9.55 Å². The number of aromatic nitrogens is 2. The highest BCUT2D eigenvalue weighted by Crippen LogP contribution is 2.15. The molecule has 0 aliphatic heterocycles. The molecule has 0 aliphatic carbocycles. The van der Waals surface area contributed by atoms with Crippen LogP contribution in [0.5, 0.6) is 0 Å². The number of benzene rings is 2. The van der Waals surface area contributed by atoms with Gasteiger partial charge < -0.3 is 4.98 Å². The Morgan fingerprint density at radius 1 is 1.06 bits per heavy atom. The first kappa shape index (κ1) is 9.90. The maximum atomic E-state index is 11.4. The molecular formula is C14H12N2O. The molecule has 3 heteroatoms. The van der Waals surface area contributed by atoms with Crippen LogP contribution in [0.1, 0.15) is 5.56 Å². The van der Waals surface area contributed by atoms with Crippen LogP contribution in [0.15, 0.2) is 59.7 Å². The van der Waals surface area contributed by atoms with Crippen molar-refractivity contribution >= 4 is 10.8 Å². The Morgan fingerprint density at radius 2 is 1.88 bits per heavy atom. The molecule has 0 radical (unpaired) electrons. The molecule has 0 atom stereocenters. The molecule has 3 nitrogen and oxygen atoms in total. The Hall–Kier alpha value is -2.29. The topological polar surface area (TPSA) is 37.8 Å². The Morgan fingerprint density at radius 3 is 2.65 bits per heavy atom. The van der Waals surface area contributed by atoms with Gasteiger partial charge >= 0.3 is 5.69 Å². The average Bonchev–Trinajstić information content (AvgIpc) is 2.75. The minimum Gasteiger partial charge on any atom is -0.313 e. The minimum atomic E-state index is -0.0711. The van der Waals surface area contributed by atoms with E-state index < -0.39 is 0 Å². The van der Waals surface area contributed by atoms with Crippen LogP contribution < -0.4 is 5.69 Å².